The van der Waals surface area contributed by atoms with E-state index in [0.717, 1.165) is 23.0 Å². The molecule has 3 heteroatoms. The lowest BCUT2D eigenvalue weighted by Crippen LogP contribution is -2.55. The van der Waals surface area contributed by atoms with E-state index in [1.807, 2.05) is 12.1 Å². The Morgan fingerprint density at radius 3 is 2.12 bits per heavy atom. The summed E-state index contributed by atoms with van der Waals surface area (Å²) in [5, 5.41) is 11.1. The fourth-order valence-corrected chi connectivity index (χ4v) is 3.69. The highest BCUT2D eigenvalue weighted by atomic mass is 35.5. The Morgan fingerprint density at radius 2 is 1.56 bits per heavy atom. The molecule has 0 saturated carbocycles. The molecule has 1 atom stereocenters. The molecule has 0 spiro atoms. The Morgan fingerprint density at radius 1 is 0.960 bits per heavy atom. The van der Waals surface area contributed by atoms with Gasteiger partial charge in [-0.25, -0.2) is 0 Å². The van der Waals surface area contributed by atoms with Gasteiger partial charge in [0, 0.05) is 22.9 Å². The summed E-state index contributed by atoms with van der Waals surface area (Å²) in [6.45, 7) is 10.2. The van der Waals surface area contributed by atoms with E-state index in [4.69, 9.17) is 11.6 Å². The van der Waals surface area contributed by atoms with Crippen molar-refractivity contribution in [1.29, 1.82) is 0 Å². The molecule has 0 aliphatic rings. The van der Waals surface area contributed by atoms with Crippen molar-refractivity contribution >= 4 is 11.6 Å². The number of aromatic hydroxyl groups is 1. The molecule has 2 nitrogen and oxygen atoms in total. The van der Waals surface area contributed by atoms with Crippen molar-refractivity contribution in [3.05, 3.63) is 64.7 Å². The van der Waals surface area contributed by atoms with Crippen LogP contribution in [0.2, 0.25) is 5.02 Å². The van der Waals surface area contributed by atoms with Crippen molar-refractivity contribution in [2.45, 2.75) is 52.1 Å². The fraction of sp³-hybridized carbons (Fsp3) is 0.455. The monoisotopic (exact) mass is 360 g/mol. The minimum Gasteiger partial charge on any atom is -0.508 e. The van der Waals surface area contributed by atoms with Crippen LogP contribution in [0, 0.1) is 0 Å². The maximum absolute atomic E-state index is 10.5. The second-order valence-electron chi connectivity index (χ2n) is 7.71. The van der Waals surface area contributed by atoms with Gasteiger partial charge in [0.15, 0.2) is 0 Å². The zero-order chi connectivity index (χ0) is 18.6. The third-order valence-corrected chi connectivity index (χ3v) is 6.06. The smallest absolute Gasteiger partial charge is 0.119 e. The Kier molecular flexibility index (Phi) is 6.53. The van der Waals surface area contributed by atoms with Crippen molar-refractivity contribution in [2.24, 2.45) is 0 Å². The standard InChI is InChI=1S/C22H30ClNO/c1-16(2)24(5,17(3)4)14-13-20(18-9-7-6-8-10-18)21-15-19(23)11-12-22(21)25/h6-12,15-17,20H,13-14H2,1-5H3/p+1/t20-/m1/s1. The number of hydrogen-bond donors (Lipinski definition) is 1. The lowest BCUT2D eigenvalue weighted by atomic mass is 9.87. The molecular formula is C22H31ClNO+. The van der Waals surface area contributed by atoms with Crippen LogP contribution in [0.1, 0.15) is 51.2 Å². The third kappa shape index (κ3) is 4.56. The van der Waals surface area contributed by atoms with Crippen LogP contribution in [0.15, 0.2) is 48.5 Å². The summed E-state index contributed by atoms with van der Waals surface area (Å²) in [6, 6.07) is 16.9. The summed E-state index contributed by atoms with van der Waals surface area (Å²) < 4.78 is 1.00. The number of nitrogens with zero attached hydrogens (tertiary/aromatic N) is 1. The maximum Gasteiger partial charge on any atom is 0.119 e. The molecule has 0 heterocycles. The van der Waals surface area contributed by atoms with E-state index < -0.39 is 0 Å². The van der Waals surface area contributed by atoms with Crippen LogP contribution >= 0.6 is 11.6 Å². The van der Waals surface area contributed by atoms with Gasteiger partial charge in [0.1, 0.15) is 5.75 Å². The van der Waals surface area contributed by atoms with Gasteiger partial charge in [-0.3, -0.25) is 0 Å². The number of phenols is 1. The predicted octanol–water partition coefficient (Wildman–Crippen LogP) is 5.83. The van der Waals surface area contributed by atoms with Crippen LogP contribution in [0.4, 0.5) is 0 Å². The SMILES string of the molecule is CC(C)[N+](C)(CC[C@H](c1ccccc1)c1cc(Cl)ccc1O)C(C)C. The molecule has 0 aromatic heterocycles. The molecule has 2 rings (SSSR count). The summed E-state index contributed by atoms with van der Waals surface area (Å²) in [5.74, 6) is 0.455. The van der Waals surface area contributed by atoms with Crippen LogP contribution in [0.3, 0.4) is 0 Å². The number of phenolic OH excluding ortho intramolecular Hbond substituents is 1. The zero-order valence-corrected chi connectivity index (χ0v) is 16.8. The van der Waals surface area contributed by atoms with Crippen LogP contribution in [0.25, 0.3) is 0 Å². The van der Waals surface area contributed by atoms with Gasteiger partial charge in [0.25, 0.3) is 0 Å². The highest BCUT2D eigenvalue weighted by Crippen LogP contribution is 2.36. The largest absolute Gasteiger partial charge is 0.508 e. The molecule has 0 amide bonds. The van der Waals surface area contributed by atoms with Crippen molar-refractivity contribution in [3.63, 3.8) is 0 Å². The lowest BCUT2D eigenvalue weighted by molar-refractivity contribution is -0.949. The quantitative estimate of drug-likeness (QED) is 0.616. The first-order chi connectivity index (χ1) is 11.8. The number of rotatable bonds is 7. The molecule has 0 saturated heterocycles. The summed E-state index contributed by atoms with van der Waals surface area (Å²) in [4.78, 5) is 0. The molecule has 0 aliphatic heterocycles. The highest BCUT2D eigenvalue weighted by Gasteiger charge is 2.31. The zero-order valence-electron chi connectivity index (χ0n) is 16.0. The summed E-state index contributed by atoms with van der Waals surface area (Å²) >= 11 is 6.22. The molecule has 25 heavy (non-hydrogen) atoms. The van der Waals surface area contributed by atoms with E-state index in [0.29, 0.717) is 22.9 Å². The molecule has 0 radical (unpaired) electrons. The second-order valence-corrected chi connectivity index (χ2v) is 8.15. The highest BCUT2D eigenvalue weighted by molar-refractivity contribution is 6.30. The average Bonchev–Trinajstić information content (AvgIpc) is 2.58. The number of halogens is 1. The van der Waals surface area contributed by atoms with E-state index in [2.05, 4.69) is 59.0 Å². The van der Waals surface area contributed by atoms with E-state index in [-0.39, 0.29) is 5.92 Å². The lowest BCUT2D eigenvalue weighted by Gasteiger charge is -2.43. The Hall–Kier alpha value is -1.51. The molecule has 1 N–H and O–H groups in total. The van der Waals surface area contributed by atoms with Gasteiger partial charge in [-0.05, 0) is 51.5 Å². The second kappa shape index (κ2) is 8.25. The Bertz CT molecular complexity index is 674. The summed E-state index contributed by atoms with van der Waals surface area (Å²) in [6.07, 6.45) is 0.963. The van der Waals surface area contributed by atoms with Crippen LogP contribution < -0.4 is 0 Å². The van der Waals surface area contributed by atoms with E-state index in [1.165, 1.54) is 5.56 Å². The number of hydrogen-bond acceptors (Lipinski definition) is 1. The molecule has 0 bridgehead atoms. The van der Waals surface area contributed by atoms with E-state index in [9.17, 15) is 5.11 Å². The van der Waals surface area contributed by atoms with Crippen molar-refractivity contribution in [1.82, 2.24) is 0 Å². The fourth-order valence-electron chi connectivity index (χ4n) is 3.51. The van der Waals surface area contributed by atoms with Crippen molar-refractivity contribution < 1.29 is 9.59 Å². The molecular weight excluding hydrogens is 330 g/mol. The summed E-state index contributed by atoms with van der Waals surface area (Å²) in [5.41, 5.74) is 2.14. The first kappa shape index (κ1) is 19.8. The molecule has 0 aliphatic carbocycles. The first-order valence-corrected chi connectivity index (χ1v) is 9.51. The Balaban J connectivity index is 2.38. The maximum atomic E-state index is 10.5. The minimum absolute atomic E-state index is 0.134. The van der Waals surface area contributed by atoms with Gasteiger partial charge in [-0.2, -0.15) is 0 Å². The summed E-state index contributed by atoms with van der Waals surface area (Å²) in [7, 11) is 2.33. The topological polar surface area (TPSA) is 20.2 Å². The van der Waals surface area contributed by atoms with Gasteiger partial charge in [0.2, 0.25) is 0 Å². The predicted molar refractivity (Wildman–Crippen MR) is 107 cm³/mol. The molecule has 2 aromatic carbocycles. The van der Waals surface area contributed by atoms with Gasteiger partial charge < -0.3 is 9.59 Å². The van der Waals surface area contributed by atoms with Crippen LogP contribution in [-0.2, 0) is 0 Å². The van der Waals surface area contributed by atoms with Gasteiger partial charge in [-0.1, -0.05) is 41.9 Å². The average molecular weight is 361 g/mol. The minimum atomic E-state index is 0.134. The third-order valence-electron chi connectivity index (χ3n) is 5.83. The van der Waals surface area contributed by atoms with E-state index >= 15 is 0 Å². The van der Waals surface area contributed by atoms with Crippen molar-refractivity contribution in [3.8, 4) is 5.75 Å². The molecule has 0 fully saturated rings. The van der Waals surface area contributed by atoms with Gasteiger partial charge in [-0.15, -0.1) is 0 Å². The van der Waals surface area contributed by atoms with Crippen molar-refractivity contribution in [2.75, 3.05) is 13.6 Å². The normalized spacial score (nSPS) is 13.4. The van der Waals surface area contributed by atoms with Gasteiger partial charge in [0.05, 0.1) is 25.7 Å². The first-order valence-electron chi connectivity index (χ1n) is 9.14. The molecule has 136 valence electrons. The molecule has 2 aromatic rings. The Labute approximate surface area is 157 Å². The number of benzene rings is 2. The van der Waals surface area contributed by atoms with Crippen LogP contribution in [0.5, 0.6) is 5.75 Å². The number of quaternary nitrogens is 1. The van der Waals surface area contributed by atoms with Crippen LogP contribution in [-0.4, -0.2) is 35.3 Å². The van der Waals surface area contributed by atoms with E-state index in [1.54, 1.807) is 12.1 Å². The van der Waals surface area contributed by atoms with Gasteiger partial charge >= 0.3 is 0 Å². The molecule has 0 unspecified atom stereocenters.